The molecular weight excluding hydrogens is 611 g/mol. The number of benzene rings is 4. The van der Waals surface area contributed by atoms with Gasteiger partial charge < -0.3 is 10.1 Å². The molecule has 4 aromatic rings. The second-order valence-electron chi connectivity index (χ2n) is 10.8. The maximum absolute atomic E-state index is 13.4. The van der Waals surface area contributed by atoms with Gasteiger partial charge in [0.25, 0.3) is 21.6 Å². The third kappa shape index (κ3) is 9.09. The standard InChI is InChI=1S/C34H37N3O6S2/c1-4-19-43-33-13-9-8-12-29(33)25-14-16-30(26(22-25)21-24(2)3)34(38)36-45(41,42)28-15-17-31(32(23-28)37(39)40)35-18-20-44-27-10-6-5-7-11-27/h5-17,22-24,35H,4,18-21H2,1-3H3,(H,36,38). The van der Waals surface area contributed by atoms with Crippen molar-refractivity contribution in [2.45, 2.75) is 43.4 Å². The van der Waals surface area contributed by atoms with Crippen LogP contribution in [0.2, 0.25) is 0 Å². The van der Waals surface area contributed by atoms with Gasteiger partial charge in [-0.25, -0.2) is 13.1 Å². The maximum Gasteiger partial charge on any atom is 0.293 e. The van der Waals surface area contributed by atoms with Gasteiger partial charge in [-0.1, -0.05) is 69.3 Å². The number of nitro benzene ring substituents is 1. The molecule has 4 aromatic carbocycles. The molecule has 45 heavy (non-hydrogen) atoms. The molecule has 0 spiro atoms. The van der Waals surface area contributed by atoms with Crippen molar-refractivity contribution >= 4 is 39.1 Å². The first-order chi connectivity index (χ1) is 21.6. The summed E-state index contributed by atoms with van der Waals surface area (Å²) in [6.07, 6.45) is 1.39. The largest absolute Gasteiger partial charge is 0.493 e. The summed E-state index contributed by atoms with van der Waals surface area (Å²) in [6.45, 7) is 7.04. The number of anilines is 1. The van der Waals surface area contributed by atoms with E-state index in [1.807, 2.05) is 81.4 Å². The number of carbonyl (C=O) groups is 1. The van der Waals surface area contributed by atoms with E-state index in [2.05, 4.69) is 10.0 Å². The van der Waals surface area contributed by atoms with Crippen molar-refractivity contribution in [1.82, 2.24) is 4.72 Å². The van der Waals surface area contributed by atoms with Gasteiger partial charge in [0.05, 0.1) is 16.4 Å². The Morgan fingerprint density at radius 2 is 1.71 bits per heavy atom. The van der Waals surface area contributed by atoms with Crippen LogP contribution in [0.1, 0.15) is 43.1 Å². The van der Waals surface area contributed by atoms with Crippen molar-refractivity contribution in [1.29, 1.82) is 0 Å². The number of nitro groups is 1. The minimum Gasteiger partial charge on any atom is -0.493 e. The predicted molar refractivity (Wildman–Crippen MR) is 180 cm³/mol. The molecule has 0 heterocycles. The fraction of sp³-hybridized carbons (Fsp3) is 0.265. The highest BCUT2D eigenvalue weighted by molar-refractivity contribution is 7.99. The van der Waals surface area contributed by atoms with E-state index in [1.165, 1.54) is 12.1 Å². The van der Waals surface area contributed by atoms with Crippen molar-refractivity contribution in [3.8, 4) is 16.9 Å². The molecule has 0 saturated heterocycles. The van der Waals surface area contributed by atoms with E-state index in [1.54, 1.807) is 23.9 Å². The number of carbonyl (C=O) groups excluding carboxylic acids is 1. The van der Waals surface area contributed by atoms with Crippen LogP contribution in [0.4, 0.5) is 11.4 Å². The van der Waals surface area contributed by atoms with Crippen LogP contribution in [-0.2, 0) is 16.4 Å². The van der Waals surface area contributed by atoms with E-state index in [-0.39, 0.29) is 22.1 Å². The van der Waals surface area contributed by atoms with Crippen molar-refractivity contribution in [3.05, 3.63) is 112 Å². The van der Waals surface area contributed by atoms with E-state index in [9.17, 15) is 23.3 Å². The Morgan fingerprint density at radius 1 is 0.978 bits per heavy atom. The van der Waals surface area contributed by atoms with E-state index in [4.69, 9.17) is 4.74 Å². The first-order valence-corrected chi connectivity index (χ1v) is 17.2. The summed E-state index contributed by atoms with van der Waals surface area (Å²) >= 11 is 1.59. The maximum atomic E-state index is 13.4. The summed E-state index contributed by atoms with van der Waals surface area (Å²) in [4.78, 5) is 25.3. The molecule has 1 amide bonds. The molecule has 236 valence electrons. The van der Waals surface area contributed by atoms with Gasteiger partial charge >= 0.3 is 0 Å². The number of hydrogen-bond donors (Lipinski definition) is 2. The van der Waals surface area contributed by atoms with Gasteiger partial charge in [-0.2, -0.15) is 0 Å². The number of nitrogens with one attached hydrogen (secondary N) is 2. The summed E-state index contributed by atoms with van der Waals surface area (Å²) in [5, 5.41) is 14.9. The second-order valence-corrected chi connectivity index (χ2v) is 13.6. The van der Waals surface area contributed by atoms with Crippen LogP contribution in [0.3, 0.4) is 0 Å². The SMILES string of the molecule is CCCOc1ccccc1-c1ccc(C(=O)NS(=O)(=O)c2ccc(NCCSc3ccccc3)c([N+](=O)[O-])c2)c(CC(C)C)c1. The topological polar surface area (TPSA) is 128 Å². The molecule has 4 rings (SSSR count). The van der Waals surface area contributed by atoms with Crippen LogP contribution in [-0.4, -0.2) is 38.2 Å². The summed E-state index contributed by atoms with van der Waals surface area (Å²) in [5.74, 6) is 0.745. The summed E-state index contributed by atoms with van der Waals surface area (Å²) in [6, 6.07) is 26.2. The molecular formula is C34H37N3O6S2. The molecule has 0 bridgehead atoms. The van der Waals surface area contributed by atoms with Crippen molar-refractivity contribution in [3.63, 3.8) is 0 Å². The summed E-state index contributed by atoms with van der Waals surface area (Å²) in [7, 11) is -4.42. The number of thioether (sulfide) groups is 1. The third-order valence-corrected chi connectivity index (χ3v) is 9.11. The number of hydrogen-bond acceptors (Lipinski definition) is 8. The van der Waals surface area contributed by atoms with Gasteiger partial charge in [-0.05, 0) is 66.3 Å². The van der Waals surface area contributed by atoms with E-state index < -0.39 is 26.5 Å². The highest BCUT2D eigenvalue weighted by Crippen LogP contribution is 2.33. The fourth-order valence-corrected chi connectivity index (χ4v) is 6.50. The first-order valence-electron chi connectivity index (χ1n) is 14.7. The van der Waals surface area contributed by atoms with Gasteiger partial charge in [0.1, 0.15) is 11.4 Å². The Kier molecular flexibility index (Phi) is 11.6. The molecule has 2 N–H and O–H groups in total. The monoisotopic (exact) mass is 647 g/mol. The van der Waals surface area contributed by atoms with Crippen LogP contribution in [0.25, 0.3) is 11.1 Å². The number of para-hydroxylation sites is 1. The van der Waals surface area contributed by atoms with Crippen LogP contribution >= 0.6 is 11.8 Å². The number of rotatable bonds is 15. The second kappa shape index (κ2) is 15.6. The molecule has 0 aliphatic rings. The Hall–Kier alpha value is -4.35. The smallest absolute Gasteiger partial charge is 0.293 e. The average molecular weight is 648 g/mol. The Labute approximate surface area is 268 Å². The van der Waals surface area contributed by atoms with Crippen molar-refractivity contribution < 1.29 is 22.9 Å². The number of nitrogens with zero attached hydrogens (tertiary/aromatic N) is 1. The zero-order valence-corrected chi connectivity index (χ0v) is 27.1. The van der Waals surface area contributed by atoms with Crippen molar-refractivity contribution in [2.24, 2.45) is 5.92 Å². The molecule has 9 nitrogen and oxygen atoms in total. The lowest BCUT2D eigenvalue weighted by molar-refractivity contribution is -0.384. The van der Waals surface area contributed by atoms with Gasteiger partial charge in [0.15, 0.2) is 0 Å². The molecule has 0 aliphatic heterocycles. The Bertz CT molecular complexity index is 1740. The molecule has 0 atom stereocenters. The molecule has 0 unspecified atom stereocenters. The normalized spacial score (nSPS) is 11.3. The van der Waals surface area contributed by atoms with Crippen LogP contribution in [0.5, 0.6) is 5.75 Å². The van der Waals surface area contributed by atoms with Crippen LogP contribution in [0, 0.1) is 16.0 Å². The van der Waals surface area contributed by atoms with Gasteiger partial charge in [0, 0.05) is 34.4 Å². The quantitative estimate of drug-likeness (QED) is 0.0585. The Morgan fingerprint density at radius 3 is 2.42 bits per heavy atom. The van der Waals surface area contributed by atoms with E-state index in [0.29, 0.717) is 30.9 Å². The zero-order valence-electron chi connectivity index (χ0n) is 25.5. The summed E-state index contributed by atoms with van der Waals surface area (Å²) < 4.78 is 34.6. The molecule has 11 heteroatoms. The minimum absolute atomic E-state index is 0.184. The van der Waals surface area contributed by atoms with Gasteiger partial charge in [0.2, 0.25) is 0 Å². The fourth-order valence-electron chi connectivity index (χ4n) is 4.72. The molecule has 0 fully saturated rings. The van der Waals surface area contributed by atoms with Crippen molar-refractivity contribution in [2.75, 3.05) is 24.2 Å². The van der Waals surface area contributed by atoms with Gasteiger partial charge in [-0.15, -0.1) is 11.8 Å². The molecule has 0 aromatic heterocycles. The van der Waals surface area contributed by atoms with E-state index in [0.717, 1.165) is 34.3 Å². The lowest BCUT2D eigenvalue weighted by atomic mass is 9.93. The minimum atomic E-state index is -4.42. The van der Waals surface area contributed by atoms with Crippen LogP contribution < -0.4 is 14.8 Å². The summed E-state index contributed by atoms with van der Waals surface area (Å²) in [5.41, 5.74) is 2.40. The predicted octanol–water partition coefficient (Wildman–Crippen LogP) is 7.57. The lowest BCUT2D eigenvalue weighted by Gasteiger charge is -2.16. The zero-order chi connectivity index (χ0) is 32.4. The average Bonchev–Trinajstić information content (AvgIpc) is 3.02. The highest BCUT2D eigenvalue weighted by atomic mass is 32.2. The number of ether oxygens (including phenoxy) is 1. The van der Waals surface area contributed by atoms with Crippen LogP contribution in [0.15, 0.2) is 101 Å². The number of amides is 1. The lowest BCUT2D eigenvalue weighted by Crippen LogP contribution is -2.31. The Balaban J connectivity index is 1.54. The highest BCUT2D eigenvalue weighted by Gasteiger charge is 2.25. The molecule has 0 aliphatic carbocycles. The third-order valence-electron chi connectivity index (χ3n) is 6.77. The van der Waals surface area contributed by atoms with E-state index >= 15 is 0 Å². The molecule has 0 radical (unpaired) electrons. The number of sulfonamides is 1. The first kappa shape index (κ1) is 33.5. The molecule has 0 saturated carbocycles. The van der Waals surface area contributed by atoms with Gasteiger partial charge in [-0.3, -0.25) is 14.9 Å².